The largest absolute Gasteiger partial charge is 0.365 e. The molecular weight excluding hydrogens is 512 g/mol. The molecule has 0 fully saturated rings. The Bertz CT molecular complexity index is 1130. The molecule has 0 aliphatic carbocycles. The summed E-state index contributed by atoms with van der Waals surface area (Å²) in [6, 6.07) is 12.8. The van der Waals surface area contributed by atoms with Crippen molar-refractivity contribution in [1.82, 2.24) is 24.9 Å². The first-order chi connectivity index (χ1) is 16.3. The van der Waals surface area contributed by atoms with Crippen LogP contribution >= 0.6 is 15.9 Å². The van der Waals surface area contributed by atoms with Gasteiger partial charge in [-0.1, -0.05) is 43.1 Å². The number of hydrogen-bond donors (Lipinski definition) is 1. The lowest BCUT2D eigenvalue weighted by Gasteiger charge is -2.25. The van der Waals surface area contributed by atoms with E-state index in [0.717, 1.165) is 33.9 Å². The van der Waals surface area contributed by atoms with Crippen molar-refractivity contribution in [1.29, 1.82) is 0 Å². The van der Waals surface area contributed by atoms with E-state index < -0.39 is 8.07 Å². The molecule has 8 nitrogen and oxygen atoms in total. The highest BCUT2D eigenvalue weighted by molar-refractivity contribution is 9.10. The number of ether oxygens (including phenoxy) is 1. The Morgan fingerprint density at radius 2 is 2.00 bits per heavy atom. The molecule has 1 amide bonds. The Balaban J connectivity index is 1.35. The number of amides is 1. The molecule has 2 aromatic heterocycles. The third kappa shape index (κ3) is 6.11. The molecule has 0 saturated carbocycles. The Hall–Kier alpha value is -2.56. The summed E-state index contributed by atoms with van der Waals surface area (Å²) in [5.74, 6) is 0.718. The molecule has 0 saturated heterocycles. The first-order valence-electron chi connectivity index (χ1n) is 11.5. The average molecular weight is 544 g/mol. The molecule has 1 aliphatic heterocycles. The lowest BCUT2D eigenvalue weighted by atomic mass is 10.0. The number of benzene rings is 1. The summed E-state index contributed by atoms with van der Waals surface area (Å²) in [7, 11) is -1.11. The molecule has 1 atom stereocenters. The number of fused-ring (bicyclic) bond motifs is 1. The first kappa shape index (κ1) is 24.6. The highest BCUT2D eigenvalue weighted by Crippen LogP contribution is 2.36. The molecule has 0 bridgehead atoms. The third-order valence-electron chi connectivity index (χ3n) is 5.83. The fraction of sp³-hybridized carbons (Fsp3) is 0.417. The minimum atomic E-state index is -1.11. The number of rotatable bonds is 11. The molecule has 4 rings (SSSR count). The predicted molar refractivity (Wildman–Crippen MR) is 138 cm³/mol. The Labute approximate surface area is 209 Å². The standard InChI is InChI=1S/C24H31BrN6O2Si/c1-34(2,3)14-13-33-17-30-16-23(28-29-30)27-11-12-31-22(15-21-20(25)9-6-10-26-21)18-7-4-5-8-19(18)24(31)32/h4-10,16,22,27H,11-15,17H2,1-3H3. The monoisotopic (exact) mass is 542 g/mol. The van der Waals surface area contributed by atoms with Gasteiger partial charge in [0, 0.05) is 50.4 Å². The number of halogens is 1. The smallest absolute Gasteiger partial charge is 0.254 e. The van der Waals surface area contributed by atoms with Crippen LogP contribution in [0.15, 0.2) is 53.3 Å². The maximum absolute atomic E-state index is 13.2. The van der Waals surface area contributed by atoms with E-state index in [1.165, 1.54) is 0 Å². The van der Waals surface area contributed by atoms with Crippen LogP contribution in [0.5, 0.6) is 0 Å². The van der Waals surface area contributed by atoms with E-state index in [2.05, 4.69) is 56.2 Å². The zero-order valence-electron chi connectivity index (χ0n) is 19.9. The van der Waals surface area contributed by atoms with Gasteiger partial charge in [-0.25, -0.2) is 4.68 Å². The van der Waals surface area contributed by atoms with Crippen LogP contribution in [-0.2, 0) is 17.9 Å². The second-order valence-electron chi connectivity index (χ2n) is 9.66. The molecule has 0 radical (unpaired) electrons. The molecule has 1 aromatic carbocycles. The summed E-state index contributed by atoms with van der Waals surface area (Å²) in [6.07, 6.45) is 4.26. The third-order valence-corrected chi connectivity index (χ3v) is 8.25. The zero-order chi connectivity index (χ0) is 24.1. The van der Waals surface area contributed by atoms with Crippen LogP contribution in [0.25, 0.3) is 0 Å². The van der Waals surface area contributed by atoms with Crippen molar-refractivity contribution in [2.75, 3.05) is 25.0 Å². The van der Waals surface area contributed by atoms with Gasteiger partial charge in [-0.15, -0.1) is 5.10 Å². The van der Waals surface area contributed by atoms with Gasteiger partial charge < -0.3 is 15.0 Å². The highest BCUT2D eigenvalue weighted by atomic mass is 79.9. The van der Waals surface area contributed by atoms with Gasteiger partial charge in [0.2, 0.25) is 0 Å². The van der Waals surface area contributed by atoms with Gasteiger partial charge in [0.25, 0.3) is 5.91 Å². The van der Waals surface area contributed by atoms with Crippen molar-refractivity contribution in [2.24, 2.45) is 0 Å². The van der Waals surface area contributed by atoms with Crippen LogP contribution < -0.4 is 5.32 Å². The number of carbonyl (C=O) groups excluding carboxylic acids is 1. The van der Waals surface area contributed by atoms with E-state index in [0.29, 0.717) is 32.1 Å². The van der Waals surface area contributed by atoms with Gasteiger partial charge in [0.05, 0.1) is 17.9 Å². The molecular formula is C24H31BrN6O2Si. The van der Waals surface area contributed by atoms with Crippen LogP contribution in [0.4, 0.5) is 5.82 Å². The SMILES string of the molecule is C[Si](C)(C)CCOCn1cc(NCCN2C(=O)c3ccccc3C2Cc2ncccc2Br)nn1. The quantitative estimate of drug-likeness (QED) is 0.281. The van der Waals surface area contributed by atoms with Crippen LogP contribution in [-0.4, -0.2) is 58.6 Å². The number of nitrogens with zero attached hydrogens (tertiary/aromatic N) is 5. The molecule has 1 N–H and O–H groups in total. The Kier molecular flexibility index (Phi) is 7.79. The summed E-state index contributed by atoms with van der Waals surface area (Å²) in [5.41, 5.74) is 2.75. The van der Waals surface area contributed by atoms with Crippen molar-refractivity contribution in [3.05, 3.63) is 70.1 Å². The Morgan fingerprint density at radius 3 is 2.79 bits per heavy atom. The molecule has 180 valence electrons. The van der Waals surface area contributed by atoms with E-state index in [9.17, 15) is 4.79 Å². The number of pyridine rings is 1. The molecule has 0 spiro atoms. The summed E-state index contributed by atoms with van der Waals surface area (Å²) < 4.78 is 8.37. The molecule has 1 aliphatic rings. The predicted octanol–water partition coefficient (Wildman–Crippen LogP) is 4.60. The molecule has 34 heavy (non-hydrogen) atoms. The van der Waals surface area contributed by atoms with Crippen LogP contribution in [0.3, 0.4) is 0 Å². The zero-order valence-corrected chi connectivity index (χ0v) is 22.5. The number of aromatic nitrogens is 4. The van der Waals surface area contributed by atoms with Crippen molar-refractivity contribution in [3.63, 3.8) is 0 Å². The summed E-state index contributed by atoms with van der Waals surface area (Å²) in [4.78, 5) is 19.6. The van der Waals surface area contributed by atoms with Crippen molar-refractivity contribution in [2.45, 2.75) is 44.9 Å². The maximum Gasteiger partial charge on any atom is 0.254 e. The van der Waals surface area contributed by atoms with Gasteiger partial charge in [-0.3, -0.25) is 9.78 Å². The highest BCUT2D eigenvalue weighted by Gasteiger charge is 2.36. The average Bonchev–Trinajstić information content (AvgIpc) is 3.36. The van der Waals surface area contributed by atoms with E-state index in [1.54, 1.807) is 10.9 Å². The fourth-order valence-electron chi connectivity index (χ4n) is 3.96. The maximum atomic E-state index is 13.2. The van der Waals surface area contributed by atoms with Gasteiger partial charge in [0.15, 0.2) is 5.82 Å². The van der Waals surface area contributed by atoms with E-state index >= 15 is 0 Å². The number of carbonyl (C=O) groups is 1. The second-order valence-corrected chi connectivity index (χ2v) is 16.1. The van der Waals surface area contributed by atoms with E-state index in [1.807, 2.05) is 47.5 Å². The van der Waals surface area contributed by atoms with E-state index in [-0.39, 0.29) is 11.9 Å². The summed E-state index contributed by atoms with van der Waals surface area (Å²) >= 11 is 3.59. The topological polar surface area (TPSA) is 85.2 Å². The lowest BCUT2D eigenvalue weighted by molar-refractivity contribution is 0.0732. The van der Waals surface area contributed by atoms with Crippen molar-refractivity contribution in [3.8, 4) is 0 Å². The fourth-order valence-corrected chi connectivity index (χ4v) is 5.13. The van der Waals surface area contributed by atoms with Crippen LogP contribution in [0, 0.1) is 0 Å². The van der Waals surface area contributed by atoms with Gasteiger partial charge in [0.1, 0.15) is 6.73 Å². The summed E-state index contributed by atoms with van der Waals surface area (Å²) in [6.45, 7) is 9.23. The molecule has 3 aromatic rings. The number of nitrogens with one attached hydrogen (secondary N) is 1. The normalized spacial score (nSPS) is 15.6. The first-order valence-corrected chi connectivity index (χ1v) is 16.0. The lowest BCUT2D eigenvalue weighted by Crippen LogP contribution is -2.33. The molecule has 1 unspecified atom stereocenters. The minimum absolute atomic E-state index is 0.0499. The van der Waals surface area contributed by atoms with Crippen LogP contribution in [0.1, 0.15) is 27.7 Å². The van der Waals surface area contributed by atoms with Gasteiger partial charge in [-0.05, 0) is 45.7 Å². The molecule has 10 heteroatoms. The number of anilines is 1. The van der Waals surface area contributed by atoms with Crippen molar-refractivity contribution >= 4 is 35.7 Å². The van der Waals surface area contributed by atoms with Gasteiger partial charge in [-0.2, -0.15) is 0 Å². The second kappa shape index (κ2) is 10.8. The Morgan fingerprint density at radius 1 is 1.18 bits per heavy atom. The van der Waals surface area contributed by atoms with E-state index in [4.69, 9.17) is 4.74 Å². The number of hydrogen-bond acceptors (Lipinski definition) is 6. The minimum Gasteiger partial charge on any atom is -0.365 e. The summed E-state index contributed by atoms with van der Waals surface area (Å²) in [5, 5.41) is 11.6. The van der Waals surface area contributed by atoms with Crippen molar-refractivity contribution < 1.29 is 9.53 Å². The van der Waals surface area contributed by atoms with Gasteiger partial charge >= 0.3 is 0 Å². The molecule has 3 heterocycles. The van der Waals surface area contributed by atoms with Crippen LogP contribution in [0.2, 0.25) is 25.7 Å².